The maximum Gasteiger partial charge on any atom is 0.163 e. The van der Waals surface area contributed by atoms with Crippen molar-refractivity contribution in [2.24, 2.45) is 0 Å². The lowest BCUT2D eigenvalue weighted by molar-refractivity contribution is -0.203. The maximum absolute atomic E-state index is 9.34. The van der Waals surface area contributed by atoms with Crippen LogP contribution in [0.4, 0.5) is 0 Å². The number of hydrogen-bond donors (Lipinski definition) is 1. The summed E-state index contributed by atoms with van der Waals surface area (Å²) in [6.07, 6.45) is -0.394. The molecular weight excluding hydrogens is 172 g/mol. The van der Waals surface area contributed by atoms with Gasteiger partial charge in [0.15, 0.2) is 12.1 Å². The van der Waals surface area contributed by atoms with Gasteiger partial charge in [-0.05, 0) is 20.8 Å². The molecule has 0 aromatic carbocycles. The lowest BCUT2D eigenvalue weighted by Crippen LogP contribution is -2.45. The summed E-state index contributed by atoms with van der Waals surface area (Å²) in [5.41, 5.74) is 0. The highest BCUT2D eigenvalue weighted by Crippen LogP contribution is 2.36. The predicted octanol–water partition coefficient (Wildman–Crippen LogP) is 0.634. The molecule has 2 rings (SSSR count). The number of ether oxygens (including phenoxy) is 3. The monoisotopic (exact) mass is 188 g/mol. The quantitative estimate of drug-likeness (QED) is 0.606. The number of fused-ring (bicyclic) bond motifs is 1. The number of rotatable bonds is 0. The molecule has 0 aromatic rings. The van der Waals surface area contributed by atoms with Gasteiger partial charge in [0.25, 0.3) is 0 Å². The first-order chi connectivity index (χ1) is 5.98. The average molecular weight is 188 g/mol. The van der Waals surface area contributed by atoms with E-state index in [-0.39, 0.29) is 18.3 Å². The largest absolute Gasteiger partial charge is 0.368 e. The first-order valence-corrected chi connectivity index (χ1v) is 4.67. The van der Waals surface area contributed by atoms with Crippen molar-refractivity contribution in [3.8, 4) is 0 Å². The molecule has 2 aliphatic heterocycles. The van der Waals surface area contributed by atoms with Crippen LogP contribution in [0.5, 0.6) is 0 Å². The van der Waals surface area contributed by atoms with Crippen LogP contribution in [0, 0.1) is 0 Å². The van der Waals surface area contributed by atoms with Crippen LogP contribution >= 0.6 is 0 Å². The van der Waals surface area contributed by atoms with E-state index in [1.54, 1.807) is 0 Å². The van der Waals surface area contributed by atoms with Gasteiger partial charge in [-0.25, -0.2) is 0 Å². The zero-order valence-electron chi connectivity index (χ0n) is 8.19. The van der Waals surface area contributed by atoms with E-state index in [0.717, 1.165) is 0 Å². The van der Waals surface area contributed by atoms with Crippen molar-refractivity contribution in [3.05, 3.63) is 0 Å². The third-order valence-electron chi connectivity index (χ3n) is 2.49. The Balaban J connectivity index is 2.10. The topological polar surface area (TPSA) is 47.9 Å². The van der Waals surface area contributed by atoms with Crippen LogP contribution < -0.4 is 0 Å². The van der Waals surface area contributed by atoms with Gasteiger partial charge in [0.1, 0.15) is 6.10 Å². The highest BCUT2D eigenvalue weighted by molar-refractivity contribution is 4.89. The van der Waals surface area contributed by atoms with Crippen molar-refractivity contribution >= 4 is 0 Å². The van der Waals surface area contributed by atoms with Crippen molar-refractivity contribution in [2.75, 3.05) is 0 Å². The molecule has 0 aromatic heterocycles. The Hall–Kier alpha value is -0.160. The third kappa shape index (κ3) is 1.72. The molecule has 13 heavy (non-hydrogen) atoms. The van der Waals surface area contributed by atoms with Crippen LogP contribution in [0.2, 0.25) is 0 Å². The normalized spacial score (nSPS) is 48.9. The first kappa shape index (κ1) is 9.40. The zero-order chi connectivity index (χ0) is 9.64. The Kier molecular flexibility index (Phi) is 2.11. The fraction of sp³-hybridized carbons (Fsp3) is 1.00. The molecule has 0 radical (unpaired) electrons. The van der Waals surface area contributed by atoms with E-state index in [0.29, 0.717) is 6.42 Å². The summed E-state index contributed by atoms with van der Waals surface area (Å²) >= 11 is 0. The summed E-state index contributed by atoms with van der Waals surface area (Å²) in [7, 11) is 0. The maximum atomic E-state index is 9.34. The SMILES string of the molecule is CC1OC(O)CC2OC(C)(C)OC12. The molecule has 4 atom stereocenters. The average Bonchev–Trinajstić information content (AvgIpc) is 2.23. The van der Waals surface area contributed by atoms with Crippen LogP contribution in [-0.4, -0.2) is 35.5 Å². The van der Waals surface area contributed by atoms with Gasteiger partial charge in [-0.1, -0.05) is 0 Å². The Morgan fingerprint density at radius 3 is 2.69 bits per heavy atom. The minimum atomic E-state index is -0.714. The molecule has 0 amide bonds. The molecule has 2 saturated heterocycles. The van der Waals surface area contributed by atoms with Gasteiger partial charge in [0.2, 0.25) is 0 Å². The zero-order valence-corrected chi connectivity index (χ0v) is 8.19. The van der Waals surface area contributed by atoms with Gasteiger partial charge < -0.3 is 19.3 Å². The number of aliphatic hydroxyl groups is 1. The molecule has 1 N–H and O–H groups in total. The fourth-order valence-electron chi connectivity index (χ4n) is 2.02. The first-order valence-electron chi connectivity index (χ1n) is 4.67. The Morgan fingerprint density at radius 2 is 2.00 bits per heavy atom. The van der Waals surface area contributed by atoms with E-state index >= 15 is 0 Å². The predicted molar refractivity (Wildman–Crippen MR) is 45.0 cm³/mol. The van der Waals surface area contributed by atoms with Crippen molar-refractivity contribution < 1.29 is 19.3 Å². The minimum absolute atomic E-state index is 0.0336. The summed E-state index contributed by atoms with van der Waals surface area (Å²) in [5, 5.41) is 9.34. The second-order valence-electron chi connectivity index (χ2n) is 4.17. The molecule has 2 aliphatic rings. The minimum Gasteiger partial charge on any atom is -0.368 e. The van der Waals surface area contributed by atoms with E-state index in [9.17, 15) is 5.11 Å². The second kappa shape index (κ2) is 2.92. The smallest absolute Gasteiger partial charge is 0.163 e. The highest BCUT2D eigenvalue weighted by Gasteiger charge is 2.48. The summed E-state index contributed by atoms with van der Waals surface area (Å²) in [5.74, 6) is -0.545. The molecule has 4 unspecified atom stereocenters. The highest BCUT2D eigenvalue weighted by atomic mass is 16.8. The second-order valence-corrected chi connectivity index (χ2v) is 4.17. The number of hydrogen-bond acceptors (Lipinski definition) is 4. The Bertz CT molecular complexity index is 204. The van der Waals surface area contributed by atoms with Gasteiger partial charge in [-0.2, -0.15) is 0 Å². The fourth-order valence-corrected chi connectivity index (χ4v) is 2.02. The van der Waals surface area contributed by atoms with E-state index in [2.05, 4.69) is 0 Å². The lowest BCUT2D eigenvalue weighted by Gasteiger charge is -2.32. The Labute approximate surface area is 77.8 Å². The molecule has 0 spiro atoms. The molecule has 2 fully saturated rings. The number of aliphatic hydroxyl groups excluding tert-OH is 1. The van der Waals surface area contributed by atoms with Crippen LogP contribution in [-0.2, 0) is 14.2 Å². The Morgan fingerprint density at radius 1 is 1.31 bits per heavy atom. The summed E-state index contributed by atoms with van der Waals surface area (Å²) in [6, 6.07) is 0. The molecule has 4 nitrogen and oxygen atoms in total. The summed E-state index contributed by atoms with van der Waals surface area (Å²) in [4.78, 5) is 0. The van der Waals surface area contributed by atoms with Gasteiger partial charge in [0, 0.05) is 6.42 Å². The van der Waals surface area contributed by atoms with Crippen LogP contribution in [0.15, 0.2) is 0 Å². The molecule has 2 heterocycles. The summed E-state index contributed by atoms with van der Waals surface area (Å²) in [6.45, 7) is 5.65. The lowest BCUT2D eigenvalue weighted by atomic mass is 10.0. The third-order valence-corrected chi connectivity index (χ3v) is 2.49. The van der Waals surface area contributed by atoms with Crippen LogP contribution in [0.3, 0.4) is 0 Å². The molecule has 0 saturated carbocycles. The van der Waals surface area contributed by atoms with Gasteiger partial charge in [0.05, 0.1) is 12.2 Å². The molecule has 0 bridgehead atoms. The molecule has 76 valence electrons. The van der Waals surface area contributed by atoms with E-state index in [1.807, 2.05) is 20.8 Å². The van der Waals surface area contributed by atoms with Gasteiger partial charge >= 0.3 is 0 Å². The van der Waals surface area contributed by atoms with Crippen LogP contribution in [0.25, 0.3) is 0 Å². The van der Waals surface area contributed by atoms with Crippen molar-refractivity contribution in [2.45, 2.75) is 57.6 Å². The standard InChI is InChI=1S/C9H16O4/c1-5-8-6(4-7(10)11-5)12-9(2,3)13-8/h5-8,10H,4H2,1-3H3. The van der Waals surface area contributed by atoms with E-state index < -0.39 is 12.1 Å². The van der Waals surface area contributed by atoms with Gasteiger partial charge in [-0.3, -0.25) is 0 Å². The van der Waals surface area contributed by atoms with Gasteiger partial charge in [-0.15, -0.1) is 0 Å². The van der Waals surface area contributed by atoms with E-state index in [1.165, 1.54) is 0 Å². The van der Waals surface area contributed by atoms with Crippen LogP contribution in [0.1, 0.15) is 27.2 Å². The summed E-state index contributed by atoms with van der Waals surface area (Å²) < 4.78 is 16.5. The van der Waals surface area contributed by atoms with Crippen molar-refractivity contribution in [1.82, 2.24) is 0 Å². The molecular formula is C9H16O4. The molecule has 4 heteroatoms. The molecule has 0 aliphatic carbocycles. The van der Waals surface area contributed by atoms with E-state index in [4.69, 9.17) is 14.2 Å². The van der Waals surface area contributed by atoms with Crippen molar-refractivity contribution in [3.63, 3.8) is 0 Å². The van der Waals surface area contributed by atoms with Crippen molar-refractivity contribution in [1.29, 1.82) is 0 Å².